The first kappa shape index (κ1) is 9.01. The van der Waals surface area contributed by atoms with Gasteiger partial charge in [-0.1, -0.05) is 13.8 Å². The molecule has 0 atom stereocenters. The molecule has 2 saturated heterocycles. The van der Waals surface area contributed by atoms with E-state index in [1.165, 1.54) is 32.6 Å². The van der Waals surface area contributed by atoms with Gasteiger partial charge < -0.3 is 4.90 Å². The molecule has 2 aliphatic rings. The van der Waals surface area contributed by atoms with Gasteiger partial charge in [-0.15, -0.1) is 0 Å². The van der Waals surface area contributed by atoms with Gasteiger partial charge in [0.1, 0.15) is 0 Å². The van der Waals surface area contributed by atoms with Crippen LogP contribution in [-0.2, 0) is 0 Å². The summed E-state index contributed by atoms with van der Waals surface area (Å²) in [6.07, 6.45) is 1.43. The molecule has 2 aliphatic heterocycles. The molecule has 2 heterocycles. The third kappa shape index (κ3) is 1.94. The summed E-state index contributed by atoms with van der Waals surface area (Å²) in [5.74, 6) is 0. The van der Waals surface area contributed by atoms with Crippen LogP contribution in [0.4, 0.5) is 0 Å². The monoisotopic (exact) mass is 156 g/mol. The SMILES string of the molecule is CC.CN1CC(N2CCC2)C1. The Morgan fingerprint density at radius 3 is 1.91 bits per heavy atom. The minimum atomic E-state index is 0.920. The first-order valence-electron chi connectivity index (χ1n) is 4.79. The van der Waals surface area contributed by atoms with Crippen molar-refractivity contribution in [1.82, 2.24) is 9.80 Å². The molecular formula is C9H20N2. The van der Waals surface area contributed by atoms with E-state index in [1.807, 2.05) is 13.8 Å². The van der Waals surface area contributed by atoms with E-state index in [-0.39, 0.29) is 0 Å². The first-order chi connectivity index (χ1) is 5.36. The summed E-state index contributed by atoms with van der Waals surface area (Å²) in [7, 11) is 2.19. The quantitative estimate of drug-likeness (QED) is 0.559. The molecule has 2 fully saturated rings. The fourth-order valence-electron chi connectivity index (χ4n) is 1.60. The standard InChI is InChI=1S/C7H14N2.C2H6/c1-8-5-7(6-8)9-3-2-4-9;1-2/h7H,2-6H2,1H3;1-2H3. The first-order valence-corrected chi connectivity index (χ1v) is 4.79. The molecule has 0 aromatic carbocycles. The zero-order valence-corrected chi connectivity index (χ0v) is 8.01. The van der Waals surface area contributed by atoms with Crippen molar-refractivity contribution < 1.29 is 0 Å². The van der Waals surface area contributed by atoms with Crippen LogP contribution in [0.25, 0.3) is 0 Å². The lowest BCUT2D eigenvalue weighted by molar-refractivity contribution is 0.0141. The van der Waals surface area contributed by atoms with Gasteiger partial charge in [0.15, 0.2) is 0 Å². The lowest BCUT2D eigenvalue weighted by Crippen LogP contribution is -2.61. The Kier molecular flexibility index (Phi) is 3.34. The predicted octanol–water partition coefficient (Wildman–Crippen LogP) is 1.03. The van der Waals surface area contributed by atoms with Crippen LogP contribution in [-0.4, -0.2) is 49.1 Å². The predicted molar refractivity (Wildman–Crippen MR) is 48.8 cm³/mol. The third-order valence-electron chi connectivity index (χ3n) is 2.45. The Bertz CT molecular complexity index is 104. The molecule has 0 N–H and O–H groups in total. The van der Waals surface area contributed by atoms with Crippen molar-refractivity contribution in [3.63, 3.8) is 0 Å². The zero-order valence-electron chi connectivity index (χ0n) is 8.01. The highest BCUT2D eigenvalue weighted by Gasteiger charge is 2.31. The number of hydrogen-bond donors (Lipinski definition) is 0. The minimum absolute atomic E-state index is 0.920. The second-order valence-electron chi connectivity index (χ2n) is 3.26. The average molecular weight is 156 g/mol. The van der Waals surface area contributed by atoms with Crippen molar-refractivity contribution in [3.8, 4) is 0 Å². The maximum Gasteiger partial charge on any atom is 0.0350 e. The van der Waals surface area contributed by atoms with Crippen molar-refractivity contribution in [2.24, 2.45) is 0 Å². The number of rotatable bonds is 1. The smallest absolute Gasteiger partial charge is 0.0350 e. The Balaban J connectivity index is 0.000000281. The van der Waals surface area contributed by atoms with Gasteiger partial charge in [0.2, 0.25) is 0 Å². The molecule has 2 rings (SSSR count). The Labute approximate surface area is 70.2 Å². The molecule has 0 aromatic heterocycles. The van der Waals surface area contributed by atoms with E-state index in [0.29, 0.717) is 0 Å². The van der Waals surface area contributed by atoms with Gasteiger partial charge in [0.05, 0.1) is 0 Å². The van der Waals surface area contributed by atoms with Crippen LogP contribution >= 0.6 is 0 Å². The van der Waals surface area contributed by atoms with Crippen LogP contribution in [0.3, 0.4) is 0 Å². The van der Waals surface area contributed by atoms with Crippen LogP contribution in [0, 0.1) is 0 Å². The highest BCUT2D eigenvalue weighted by atomic mass is 15.3. The van der Waals surface area contributed by atoms with E-state index in [1.54, 1.807) is 0 Å². The molecule has 66 valence electrons. The van der Waals surface area contributed by atoms with Gasteiger partial charge in [0, 0.05) is 19.1 Å². The lowest BCUT2D eigenvalue weighted by atomic mass is 10.0. The van der Waals surface area contributed by atoms with E-state index in [4.69, 9.17) is 0 Å². The average Bonchev–Trinajstić information content (AvgIpc) is 1.86. The van der Waals surface area contributed by atoms with Crippen molar-refractivity contribution in [2.75, 3.05) is 33.2 Å². The van der Waals surface area contributed by atoms with E-state index < -0.39 is 0 Å². The maximum atomic E-state index is 2.58. The number of likely N-dealkylation sites (N-methyl/N-ethyl adjacent to an activating group) is 1. The maximum absolute atomic E-state index is 2.58. The highest BCUT2D eigenvalue weighted by molar-refractivity contribution is 4.89. The second kappa shape index (κ2) is 4.07. The molecule has 0 unspecified atom stereocenters. The Morgan fingerprint density at radius 2 is 1.64 bits per heavy atom. The summed E-state index contributed by atoms with van der Waals surface area (Å²) in [4.78, 5) is 4.96. The van der Waals surface area contributed by atoms with Crippen molar-refractivity contribution in [2.45, 2.75) is 26.3 Å². The molecule has 0 aromatic rings. The molecule has 0 saturated carbocycles. The Morgan fingerprint density at radius 1 is 1.09 bits per heavy atom. The van der Waals surface area contributed by atoms with E-state index in [9.17, 15) is 0 Å². The van der Waals surface area contributed by atoms with Crippen molar-refractivity contribution in [3.05, 3.63) is 0 Å². The summed E-state index contributed by atoms with van der Waals surface area (Å²) < 4.78 is 0. The molecule has 2 heteroatoms. The van der Waals surface area contributed by atoms with Gasteiger partial charge in [-0.05, 0) is 26.6 Å². The van der Waals surface area contributed by atoms with Gasteiger partial charge in [-0.25, -0.2) is 0 Å². The van der Waals surface area contributed by atoms with Crippen LogP contribution in [0.5, 0.6) is 0 Å². The van der Waals surface area contributed by atoms with Crippen LogP contribution in [0.2, 0.25) is 0 Å². The van der Waals surface area contributed by atoms with Crippen LogP contribution in [0.1, 0.15) is 20.3 Å². The van der Waals surface area contributed by atoms with Gasteiger partial charge in [0.25, 0.3) is 0 Å². The van der Waals surface area contributed by atoms with Gasteiger partial charge in [-0.3, -0.25) is 4.90 Å². The van der Waals surface area contributed by atoms with Crippen molar-refractivity contribution >= 4 is 0 Å². The summed E-state index contributed by atoms with van der Waals surface area (Å²) in [6, 6.07) is 0.920. The van der Waals surface area contributed by atoms with Gasteiger partial charge >= 0.3 is 0 Å². The molecular weight excluding hydrogens is 136 g/mol. The molecule has 0 spiro atoms. The molecule has 0 aliphatic carbocycles. The van der Waals surface area contributed by atoms with E-state index in [2.05, 4.69) is 16.8 Å². The molecule has 11 heavy (non-hydrogen) atoms. The molecule has 0 bridgehead atoms. The van der Waals surface area contributed by atoms with Crippen LogP contribution in [0.15, 0.2) is 0 Å². The van der Waals surface area contributed by atoms with E-state index in [0.717, 1.165) is 6.04 Å². The molecule has 2 nitrogen and oxygen atoms in total. The Hall–Kier alpha value is -0.0800. The minimum Gasteiger partial charge on any atom is -0.303 e. The van der Waals surface area contributed by atoms with Crippen LogP contribution < -0.4 is 0 Å². The molecule has 0 radical (unpaired) electrons. The summed E-state index contributed by atoms with van der Waals surface area (Å²) in [5.41, 5.74) is 0. The summed E-state index contributed by atoms with van der Waals surface area (Å²) >= 11 is 0. The second-order valence-corrected chi connectivity index (χ2v) is 3.26. The van der Waals surface area contributed by atoms with Crippen molar-refractivity contribution in [1.29, 1.82) is 0 Å². The van der Waals surface area contributed by atoms with Gasteiger partial charge in [-0.2, -0.15) is 0 Å². The zero-order chi connectivity index (χ0) is 8.27. The fourth-order valence-corrected chi connectivity index (χ4v) is 1.60. The number of likely N-dealkylation sites (tertiary alicyclic amines) is 2. The largest absolute Gasteiger partial charge is 0.303 e. The number of nitrogens with zero attached hydrogens (tertiary/aromatic N) is 2. The third-order valence-corrected chi connectivity index (χ3v) is 2.45. The lowest BCUT2D eigenvalue weighted by Gasteiger charge is -2.47. The summed E-state index contributed by atoms with van der Waals surface area (Å²) in [6.45, 7) is 9.33. The van der Waals surface area contributed by atoms with E-state index >= 15 is 0 Å². The summed E-state index contributed by atoms with van der Waals surface area (Å²) in [5, 5.41) is 0. The highest BCUT2D eigenvalue weighted by Crippen LogP contribution is 2.18. The normalized spacial score (nSPS) is 26.5. The fraction of sp³-hybridized carbons (Fsp3) is 1.00. The number of hydrogen-bond acceptors (Lipinski definition) is 2. The molecule has 0 amide bonds. The topological polar surface area (TPSA) is 6.48 Å².